The number of benzene rings is 8. The molecule has 54 heavy (non-hydrogen) atoms. The molecule has 0 N–H and O–H groups in total. The fourth-order valence-electron chi connectivity index (χ4n) is 7.39. The van der Waals surface area contributed by atoms with Crippen LogP contribution >= 0.6 is 35.3 Å². The van der Waals surface area contributed by atoms with Crippen molar-refractivity contribution in [3.63, 3.8) is 0 Å². The minimum Gasteiger partial charge on any atom is -0.309 e. The second kappa shape index (κ2) is 14.3. The lowest BCUT2D eigenvalue weighted by molar-refractivity contribution is 1.04. The van der Waals surface area contributed by atoms with Crippen molar-refractivity contribution in [2.45, 2.75) is 35.8 Å². The molecule has 0 spiro atoms. The molecule has 0 aromatic heterocycles. The summed E-state index contributed by atoms with van der Waals surface area (Å²) in [5, 5.41) is 0. The molecule has 2 aliphatic rings. The molecule has 0 saturated heterocycles. The number of para-hydroxylation sites is 2. The Kier molecular flexibility index (Phi) is 8.76. The van der Waals surface area contributed by atoms with Gasteiger partial charge in [-0.1, -0.05) is 144 Å². The Hall–Kier alpha value is -5.59. The molecule has 8 aromatic rings. The average molecular weight is 747 g/mol. The molecule has 2 nitrogen and oxygen atoms in total. The third-order valence-corrected chi connectivity index (χ3v) is 13.9. The Morgan fingerprint density at radius 1 is 0.296 bits per heavy atom. The van der Waals surface area contributed by atoms with Crippen molar-refractivity contribution in [2.24, 2.45) is 0 Å². The van der Waals surface area contributed by atoms with Gasteiger partial charge in [-0.25, -0.2) is 0 Å². The van der Waals surface area contributed by atoms with Gasteiger partial charge in [0, 0.05) is 47.2 Å². The van der Waals surface area contributed by atoms with Gasteiger partial charge < -0.3 is 9.80 Å². The molecule has 0 saturated carbocycles. The first-order valence-electron chi connectivity index (χ1n) is 18.1. The average Bonchev–Trinajstić information content (AvgIpc) is 3.24. The zero-order chi connectivity index (χ0) is 35.8. The second-order valence-corrected chi connectivity index (χ2v) is 16.5. The normalized spacial score (nSPS) is 12.5. The van der Waals surface area contributed by atoms with Crippen molar-refractivity contribution in [1.82, 2.24) is 0 Å². The maximum absolute atomic E-state index is 2.40. The van der Waals surface area contributed by atoms with Crippen LogP contribution in [0.1, 0.15) is 11.1 Å². The van der Waals surface area contributed by atoms with E-state index in [-0.39, 0.29) is 0 Å². The lowest BCUT2D eigenvalue weighted by Gasteiger charge is -2.30. The summed E-state index contributed by atoms with van der Waals surface area (Å²) in [5.74, 6) is 0. The van der Waals surface area contributed by atoms with Crippen molar-refractivity contribution in [1.29, 1.82) is 0 Å². The van der Waals surface area contributed by atoms with E-state index in [9.17, 15) is 0 Å². The highest BCUT2D eigenvalue weighted by Gasteiger charge is 2.25. The molecule has 5 heteroatoms. The predicted octanol–water partition coefficient (Wildman–Crippen LogP) is 15.0. The lowest BCUT2D eigenvalue weighted by atomic mass is 10.0. The topological polar surface area (TPSA) is 6.48 Å². The summed E-state index contributed by atoms with van der Waals surface area (Å²) in [4.78, 5) is 12.6. The molecule has 8 aromatic carbocycles. The van der Waals surface area contributed by atoms with Crippen LogP contribution in [-0.2, 0) is 6.42 Å². The molecular formula is C49H34N2S3. The van der Waals surface area contributed by atoms with Crippen LogP contribution in [0.5, 0.6) is 0 Å². The van der Waals surface area contributed by atoms with Gasteiger partial charge in [0.05, 0.1) is 16.3 Å². The maximum Gasteiger partial charge on any atom is 0.0612 e. The standard InChI is InChI=1S/C49H34N2S3/c1-3-15-38(16-4-1)50(42-19-11-14-37-33-36-13-7-8-21-44(36)53-48(37)42)40-29-25-34(26-30-40)35-27-31-41(32-28-35)51(39-17-5-2-6-18-39)43-20-12-24-47-49(43)54-46-23-10-9-22-45(46)52-47/h1-32H,33H2. The predicted molar refractivity (Wildman–Crippen MR) is 229 cm³/mol. The van der Waals surface area contributed by atoms with E-state index >= 15 is 0 Å². The zero-order valence-electron chi connectivity index (χ0n) is 29.3. The van der Waals surface area contributed by atoms with Crippen molar-refractivity contribution >= 4 is 69.4 Å². The summed E-state index contributed by atoms with van der Waals surface area (Å²) >= 11 is 5.60. The van der Waals surface area contributed by atoms with Crippen LogP contribution in [-0.4, -0.2) is 0 Å². The molecule has 258 valence electrons. The van der Waals surface area contributed by atoms with Gasteiger partial charge in [-0.15, -0.1) is 0 Å². The molecule has 2 heterocycles. The van der Waals surface area contributed by atoms with Crippen molar-refractivity contribution in [3.8, 4) is 11.1 Å². The summed E-state index contributed by atoms with van der Waals surface area (Å²) < 4.78 is 0. The van der Waals surface area contributed by atoms with E-state index in [4.69, 9.17) is 0 Å². The van der Waals surface area contributed by atoms with E-state index in [0.717, 1.165) is 29.2 Å². The molecule has 0 atom stereocenters. The van der Waals surface area contributed by atoms with Crippen LogP contribution in [0.2, 0.25) is 0 Å². The van der Waals surface area contributed by atoms with Gasteiger partial charge in [-0.3, -0.25) is 0 Å². The number of rotatable bonds is 7. The Labute approximate surface area is 329 Å². The minimum atomic E-state index is 0.949. The Morgan fingerprint density at radius 3 is 1.33 bits per heavy atom. The SMILES string of the molecule is c1ccc(N(c2ccc(-c3ccc(N(c4ccccc4)c4cccc5c4Sc4ccccc4S5)cc3)cc2)c2cccc3c2Sc2ccccc2C3)cc1. The first-order chi connectivity index (χ1) is 26.8. The second-order valence-electron chi connectivity index (χ2n) is 13.3. The molecule has 0 radical (unpaired) electrons. The molecule has 0 unspecified atom stereocenters. The summed E-state index contributed by atoms with van der Waals surface area (Å²) in [6, 6.07) is 70.4. The highest BCUT2D eigenvalue weighted by Crippen LogP contribution is 2.54. The minimum absolute atomic E-state index is 0.949. The van der Waals surface area contributed by atoms with Gasteiger partial charge in [-0.05, 0) is 114 Å². The highest BCUT2D eigenvalue weighted by molar-refractivity contribution is 8.05. The van der Waals surface area contributed by atoms with Gasteiger partial charge >= 0.3 is 0 Å². The van der Waals surface area contributed by atoms with Crippen LogP contribution < -0.4 is 9.80 Å². The zero-order valence-corrected chi connectivity index (χ0v) is 31.8. The lowest BCUT2D eigenvalue weighted by Crippen LogP contribution is -2.13. The largest absolute Gasteiger partial charge is 0.309 e. The van der Waals surface area contributed by atoms with Crippen LogP contribution in [0.15, 0.2) is 223 Å². The summed E-state index contributed by atoms with van der Waals surface area (Å²) in [6.07, 6.45) is 0.949. The smallest absolute Gasteiger partial charge is 0.0612 e. The Bertz CT molecular complexity index is 2420. The van der Waals surface area contributed by atoms with Gasteiger partial charge in [0.2, 0.25) is 0 Å². The number of fused-ring (bicyclic) bond motifs is 4. The number of nitrogens with zero attached hydrogens (tertiary/aromatic N) is 2. The molecule has 0 bridgehead atoms. The van der Waals surface area contributed by atoms with Crippen molar-refractivity contribution < 1.29 is 0 Å². The summed E-state index contributed by atoms with van der Waals surface area (Å²) in [7, 11) is 0. The quantitative estimate of drug-likeness (QED) is 0.160. The van der Waals surface area contributed by atoms with E-state index < -0.39 is 0 Å². The Morgan fingerprint density at radius 2 is 0.722 bits per heavy atom. The van der Waals surface area contributed by atoms with E-state index in [1.54, 1.807) is 0 Å². The van der Waals surface area contributed by atoms with Crippen molar-refractivity contribution in [3.05, 3.63) is 205 Å². The van der Waals surface area contributed by atoms with Crippen LogP contribution in [0.3, 0.4) is 0 Å². The van der Waals surface area contributed by atoms with Crippen LogP contribution in [0.4, 0.5) is 34.1 Å². The highest BCUT2D eigenvalue weighted by atomic mass is 32.2. The van der Waals surface area contributed by atoms with Crippen LogP contribution in [0, 0.1) is 0 Å². The molecule has 0 fully saturated rings. The summed E-state index contributed by atoms with van der Waals surface area (Å²) in [6.45, 7) is 0. The van der Waals surface area contributed by atoms with E-state index in [1.165, 1.54) is 63.0 Å². The number of anilines is 6. The fraction of sp³-hybridized carbons (Fsp3) is 0.0204. The third kappa shape index (κ3) is 6.18. The molecule has 2 aliphatic heterocycles. The van der Waals surface area contributed by atoms with Gasteiger partial charge in [0.25, 0.3) is 0 Å². The van der Waals surface area contributed by atoms with Gasteiger partial charge in [0.1, 0.15) is 0 Å². The fourth-order valence-corrected chi connectivity index (χ4v) is 10.9. The van der Waals surface area contributed by atoms with E-state index in [1.807, 2.05) is 35.3 Å². The monoisotopic (exact) mass is 746 g/mol. The Balaban J connectivity index is 0.988. The first-order valence-corrected chi connectivity index (χ1v) is 20.6. The van der Waals surface area contributed by atoms with Crippen molar-refractivity contribution in [2.75, 3.05) is 9.80 Å². The third-order valence-electron chi connectivity index (χ3n) is 9.98. The van der Waals surface area contributed by atoms with Crippen LogP contribution in [0.25, 0.3) is 11.1 Å². The molecule has 0 amide bonds. The maximum atomic E-state index is 2.40. The number of hydrogen-bond acceptors (Lipinski definition) is 5. The first kappa shape index (κ1) is 33.0. The molecular weight excluding hydrogens is 713 g/mol. The van der Waals surface area contributed by atoms with Gasteiger partial charge in [0.15, 0.2) is 0 Å². The van der Waals surface area contributed by atoms with Gasteiger partial charge in [-0.2, -0.15) is 0 Å². The molecule has 0 aliphatic carbocycles. The summed E-state index contributed by atoms with van der Waals surface area (Å²) in [5.41, 5.74) is 12.1. The van der Waals surface area contributed by atoms with E-state index in [0.29, 0.717) is 0 Å². The van der Waals surface area contributed by atoms with E-state index in [2.05, 4.69) is 204 Å². The molecule has 10 rings (SSSR count). The number of hydrogen-bond donors (Lipinski definition) is 0.